The minimum atomic E-state index is 0.136. The van der Waals surface area contributed by atoms with Crippen LogP contribution in [0.1, 0.15) is 22.3 Å². The Kier molecular flexibility index (Phi) is 6.22. The summed E-state index contributed by atoms with van der Waals surface area (Å²) in [5.74, 6) is 0. The lowest BCUT2D eigenvalue weighted by atomic mass is 9.98. The molecule has 0 radical (unpaired) electrons. The number of pyridine rings is 1. The largest absolute Gasteiger partial charge is 0.356 e. The smallest absolute Gasteiger partial charge is 0.188 e. The third-order valence-electron chi connectivity index (χ3n) is 6.21. The maximum absolute atomic E-state index is 13.3. The van der Waals surface area contributed by atoms with Gasteiger partial charge in [0.25, 0.3) is 0 Å². The quantitative estimate of drug-likeness (QED) is 0.281. The van der Waals surface area contributed by atoms with Crippen molar-refractivity contribution in [2.24, 2.45) is 7.05 Å². The van der Waals surface area contributed by atoms with Gasteiger partial charge in [0.05, 0.1) is 0 Å². The van der Waals surface area contributed by atoms with Crippen molar-refractivity contribution in [2.45, 2.75) is 12.8 Å². The van der Waals surface area contributed by atoms with Crippen LogP contribution in [-0.2, 0) is 19.9 Å². The second kappa shape index (κ2) is 9.76. The second-order valence-corrected chi connectivity index (χ2v) is 8.78. The van der Waals surface area contributed by atoms with E-state index in [1.165, 1.54) is 22.3 Å². The molecule has 0 saturated heterocycles. The normalized spacial score (nSPS) is 10.9. The van der Waals surface area contributed by atoms with E-state index in [4.69, 9.17) is 0 Å². The molecule has 0 aliphatic carbocycles. The van der Waals surface area contributed by atoms with Crippen LogP contribution >= 0.6 is 0 Å². The van der Waals surface area contributed by atoms with Crippen molar-refractivity contribution >= 4 is 0 Å². The molecule has 0 unspecified atom stereocenters. The molecule has 1 aromatic heterocycles. The van der Waals surface area contributed by atoms with E-state index in [1.807, 2.05) is 60.4 Å². The van der Waals surface area contributed by atoms with Crippen molar-refractivity contribution in [3.63, 3.8) is 0 Å². The highest BCUT2D eigenvalue weighted by Crippen LogP contribution is 2.21. The Morgan fingerprint density at radius 1 is 0.500 bits per heavy atom. The topological polar surface area (TPSA) is 22.0 Å². The zero-order chi connectivity index (χ0) is 23.3. The molecule has 0 aliphatic heterocycles. The summed E-state index contributed by atoms with van der Waals surface area (Å²) in [5.41, 5.74) is 8.84. The Labute approximate surface area is 200 Å². The van der Waals surface area contributed by atoms with Gasteiger partial charge in [-0.05, 0) is 33.4 Å². The van der Waals surface area contributed by atoms with Crippen LogP contribution in [0.15, 0.2) is 126 Å². The molecule has 34 heavy (non-hydrogen) atoms. The van der Waals surface area contributed by atoms with Crippen LogP contribution in [0.2, 0.25) is 0 Å². The van der Waals surface area contributed by atoms with Gasteiger partial charge < -0.3 is 4.57 Å². The molecule has 2 nitrogen and oxygen atoms in total. The molecule has 0 bridgehead atoms. The lowest BCUT2D eigenvalue weighted by Gasteiger charge is -2.10. The molecular formula is C32H27NO. The maximum Gasteiger partial charge on any atom is 0.188 e. The number of hydrogen-bond acceptors (Lipinski definition) is 1. The molecule has 5 rings (SSSR count). The molecule has 5 aromatic rings. The van der Waals surface area contributed by atoms with Gasteiger partial charge in [-0.2, -0.15) is 0 Å². The van der Waals surface area contributed by atoms with Gasteiger partial charge >= 0.3 is 0 Å². The minimum Gasteiger partial charge on any atom is -0.356 e. The van der Waals surface area contributed by atoms with Gasteiger partial charge in [-0.1, -0.05) is 109 Å². The first-order chi connectivity index (χ1) is 16.7. The minimum absolute atomic E-state index is 0.136. The summed E-state index contributed by atoms with van der Waals surface area (Å²) >= 11 is 0. The first-order valence-corrected chi connectivity index (χ1v) is 11.6. The summed E-state index contributed by atoms with van der Waals surface area (Å²) in [6, 6.07) is 37.7. The molecule has 0 atom stereocenters. The van der Waals surface area contributed by atoms with Crippen molar-refractivity contribution < 1.29 is 0 Å². The van der Waals surface area contributed by atoms with Crippen LogP contribution in [0.3, 0.4) is 0 Å². The van der Waals surface area contributed by atoms with Crippen molar-refractivity contribution in [3.05, 3.63) is 154 Å². The molecule has 0 amide bonds. The highest BCUT2D eigenvalue weighted by Gasteiger charge is 2.10. The van der Waals surface area contributed by atoms with E-state index in [-0.39, 0.29) is 5.43 Å². The van der Waals surface area contributed by atoms with Crippen LogP contribution in [-0.4, -0.2) is 4.57 Å². The third-order valence-corrected chi connectivity index (χ3v) is 6.21. The number of hydrogen-bond donors (Lipinski definition) is 0. The second-order valence-electron chi connectivity index (χ2n) is 8.78. The average Bonchev–Trinajstić information content (AvgIpc) is 2.89. The Hall–Kier alpha value is -4.17. The summed E-state index contributed by atoms with van der Waals surface area (Å²) < 4.78 is 2.00. The zero-order valence-electron chi connectivity index (χ0n) is 19.3. The van der Waals surface area contributed by atoms with E-state index >= 15 is 0 Å². The summed E-state index contributed by atoms with van der Waals surface area (Å²) in [6.45, 7) is 0. The van der Waals surface area contributed by atoms with Crippen molar-refractivity contribution in [3.8, 4) is 22.3 Å². The molecular weight excluding hydrogens is 414 g/mol. The third kappa shape index (κ3) is 4.92. The number of nitrogens with zero attached hydrogens (tertiary/aromatic N) is 1. The predicted molar refractivity (Wildman–Crippen MR) is 141 cm³/mol. The van der Waals surface area contributed by atoms with Gasteiger partial charge in [0.1, 0.15) is 0 Å². The molecule has 4 aromatic carbocycles. The molecule has 0 spiro atoms. The van der Waals surface area contributed by atoms with Crippen molar-refractivity contribution in [1.82, 2.24) is 4.57 Å². The first-order valence-electron chi connectivity index (χ1n) is 11.6. The van der Waals surface area contributed by atoms with Crippen molar-refractivity contribution in [2.75, 3.05) is 0 Å². The predicted octanol–water partition coefficient (Wildman–Crippen LogP) is 6.90. The van der Waals surface area contributed by atoms with Gasteiger partial charge in [0.2, 0.25) is 0 Å². The van der Waals surface area contributed by atoms with Crippen LogP contribution in [0, 0.1) is 0 Å². The molecule has 0 saturated carbocycles. The van der Waals surface area contributed by atoms with Crippen LogP contribution < -0.4 is 5.43 Å². The highest BCUT2D eigenvalue weighted by molar-refractivity contribution is 5.64. The Balaban J connectivity index is 1.35. The van der Waals surface area contributed by atoms with Gasteiger partial charge in [-0.25, -0.2) is 0 Å². The fourth-order valence-electron chi connectivity index (χ4n) is 4.44. The first kappa shape index (κ1) is 21.7. The number of benzene rings is 4. The number of rotatable bonds is 6. The molecule has 0 fully saturated rings. The highest BCUT2D eigenvalue weighted by atomic mass is 16.1. The SMILES string of the molecule is Cn1cc(Cc2ccc(-c3ccccc3)cc2)c(=O)c(Cc2ccc(-c3ccccc3)cc2)c1. The molecule has 0 aliphatic rings. The van der Waals surface area contributed by atoms with Gasteiger partial charge in [0.15, 0.2) is 5.43 Å². The van der Waals surface area contributed by atoms with Gasteiger partial charge in [-0.3, -0.25) is 4.79 Å². The van der Waals surface area contributed by atoms with E-state index in [0.29, 0.717) is 12.8 Å². The average molecular weight is 442 g/mol. The van der Waals surface area contributed by atoms with Crippen LogP contribution in [0.25, 0.3) is 22.3 Å². The van der Waals surface area contributed by atoms with E-state index < -0.39 is 0 Å². The van der Waals surface area contributed by atoms with E-state index in [9.17, 15) is 4.79 Å². The summed E-state index contributed by atoms with van der Waals surface area (Å²) in [5, 5.41) is 0. The van der Waals surface area contributed by atoms with Crippen molar-refractivity contribution in [1.29, 1.82) is 0 Å². The van der Waals surface area contributed by atoms with Gasteiger partial charge in [-0.15, -0.1) is 0 Å². The summed E-state index contributed by atoms with van der Waals surface area (Å²) in [4.78, 5) is 13.3. The fourth-order valence-corrected chi connectivity index (χ4v) is 4.44. The fraction of sp³-hybridized carbons (Fsp3) is 0.0938. The molecule has 166 valence electrons. The van der Waals surface area contributed by atoms with Crippen LogP contribution in [0.4, 0.5) is 0 Å². The van der Waals surface area contributed by atoms with E-state index in [2.05, 4.69) is 72.8 Å². The number of aryl methyl sites for hydroxylation is 1. The Morgan fingerprint density at radius 2 is 0.853 bits per heavy atom. The Bertz CT molecular complexity index is 1320. The zero-order valence-corrected chi connectivity index (χ0v) is 19.3. The standard InChI is InChI=1S/C32H27NO/c1-33-22-30(20-24-12-16-28(17-13-24)26-8-4-2-5-9-26)32(34)31(23-33)21-25-14-18-29(19-15-25)27-10-6-3-7-11-27/h2-19,22-23H,20-21H2,1H3. The van der Waals surface area contributed by atoms with E-state index in [1.54, 1.807) is 0 Å². The summed E-state index contributed by atoms with van der Waals surface area (Å²) in [7, 11) is 1.99. The Morgan fingerprint density at radius 3 is 1.24 bits per heavy atom. The molecule has 0 N–H and O–H groups in total. The molecule has 1 heterocycles. The lowest BCUT2D eigenvalue weighted by Crippen LogP contribution is -2.18. The molecule has 2 heteroatoms. The monoisotopic (exact) mass is 441 g/mol. The van der Waals surface area contributed by atoms with Gasteiger partial charge in [0, 0.05) is 43.4 Å². The van der Waals surface area contributed by atoms with Crippen LogP contribution in [0.5, 0.6) is 0 Å². The number of aromatic nitrogens is 1. The van der Waals surface area contributed by atoms with E-state index in [0.717, 1.165) is 22.3 Å². The maximum atomic E-state index is 13.3. The summed E-state index contributed by atoms with van der Waals surface area (Å²) in [6.07, 6.45) is 5.16. The lowest BCUT2D eigenvalue weighted by molar-refractivity contribution is 0.858.